The summed E-state index contributed by atoms with van der Waals surface area (Å²) in [7, 11) is 0. The van der Waals surface area contributed by atoms with E-state index in [1.165, 1.54) is 0 Å². The van der Waals surface area contributed by atoms with Crippen LogP contribution in [-0.4, -0.2) is 49.8 Å². The number of nitrogens with one attached hydrogen (secondary N) is 2. The van der Waals surface area contributed by atoms with E-state index in [1.54, 1.807) is 0 Å². The maximum atomic E-state index is 11.6. The molecule has 0 spiro atoms. The average Bonchev–Trinajstić information content (AvgIpc) is 2.13. The first-order valence-electron chi connectivity index (χ1n) is 5.39. The highest BCUT2D eigenvalue weighted by atomic mass is 16.5. The Balaban J connectivity index is 2.03. The minimum atomic E-state index is -1.000. The molecule has 6 heteroatoms. The lowest BCUT2D eigenvalue weighted by molar-refractivity contribution is -0.142. The Kier molecular flexibility index (Phi) is 5.21. The van der Waals surface area contributed by atoms with E-state index < -0.39 is 5.97 Å². The Morgan fingerprint density at radius 3 is 2.75 bits per heavy atom. The van der Waals surface area contributed by atoms with Gasteiger partial charge in [-0.25, -0.2) is 4.79 Å². The van der Waals surface area contributed by atoms with Crippen LogP contribution >= 0.6 is 0 Å². The van der Waals surface area contributed by atoms with E-state index in [0.717, 1.165) is 13.1 Å². The lowest BCUT2D eigenvalue weighted by atomic mass is 9.88. The second kappa shape index (κ2) is 6.44. The topological polar surface area (TPSA) is 87.7 Å². The number of ether oxygens (including phenoxy) is 1. The summed E-state index contributed by atoms with van der Waals surface area (Å²) in [5.74, 6) is -0.577. The molecular formula is C10H18N2O4. The summed E-state index contributed by atoms with van der Waals surface area (Å²) < 4.78 is 4.80. The summed E-state index contributed by atoms with van der Waals surface area (Å²) in [6.07, 6.45) is 0. The van der Waals surface area contributed by atoms with E-state index in [0.29, 0.717) is 12.5 Å². The minimum Gasteiger partial charge on any atom is -0.480 e. The number of rotatable bonds is 7. The van der Waals surface area contributed by atoms with E-state index in [9.17, 15) is 9.59 Å². The molecule has 0 aliphatic carbocycles. The lowest BCUT2D eigenvalue weighted by Gasteiger charge is -2.31. The van der Waals surface area contributed by atoms with E-state index in [2.05, 4.69) is 10.6 Å². The Bertz CT molecular complexity index is 253. The molecule has 92 valence electrons. The summed E-state index contributed by atoms with van der Waals surface area (Å²) in [6, 6.07) is 0. The zero-order chi connectivity index (χ0) is 12.0. The van der Waals surface area contributed by atoms with Gasteiger partial charge in [0.25, 0.3) is 0 Å². The zero-order valence-electron chi connectivity index (χ0n) is 9.36. The third-order valence-corrected chi connectivity index (χ3v) is 2.70. The normalized spacial score (nSPS) is 17.6. The molecule has 1 heterocycles. The molecule has 1 aliphatic heterocycles. The van der Waals surface area contributed by atoms with Gasteiger partial charge in [-0.2, -0.15) is 0 Å². The van der Waals surface area contributed by atoms with Crippen LogP contribution in [0.15, 0.2) is 0 Å². The predicted molar refractivity (Wildman–Crippen MR) is 57.0 cm³/mol. The number of carboxylic acid groups (broad SMARTS) is 1. The SMILES string of the molecule is CC(C(=O)NCCOCC(=O)O)C1CNC1. The molecule has 1 fully saturated rings. The van der Waals surface area contributed by atoms with Crippen LogP contribution in [0.1, 0.15) is 6.92 Å². The lowest BCUT2D eigenvalue weighted by Crippen LogP contribution is -2.49. The molecule has 1 rings (SSSR count). The van der Waals surface area contributed by atoms with Crippen molar-refractivity contribution >= 4 is 11.9 Å². The Morgan fingerprint density at radius 1 is 1.56 bits per heavy atom. The number of aliphatic carboxylic acids is 1. The molecule has 16 heavy (non-hydrogen) atoms. The standard InChI is InChI=1S/C10H18N2O4/c1-7(8-4-11-5-8)10(15)12-2-3-16-6-9(13)14/h7-8,11H,2-6H2,1H3,(H,12,15)(H,13,14). The van der Waals surface area contributed by atoms with Gasteiger partial charge in [-0.15, -0.1) is 0 Å². The molecule has 0 bridgehead atoms. The third kappa shape index (κ3) is 4.16. The Morgan fingerprint density at radius 2 is 2.25 bits per heavy atom. The van der Waals surface area contributed by atoms with E-state index >= 15 is 0 Å². The highest BCUT2D eigenvalue weighted by Crippen LogP contribution is 2.15. The average molecular weight is 230 g/mol. The van der Waals surface area contributed by atoms with Crippen molar-refractivity contribution in [2.24, 2.45) is 11.8 Å². The highest BCUT2D eigenvalue weighted by Gasteiger charge is 2.28. The fraction of sp³-hybridized carbons (Fsp3) is 0.800. The molecule has 6 nitrogen and oxygen atoms in total. The van der Waals surface area contributed by atoms with Crippen LogP contribution < -0.4 is 10.6 Å². The van der Waals surface area contributed by atoms with E-state index in [1.807, 2.05) is 6.92 Å². The van der Waals surface area contributed by atoms with Gasteiger partial charge in [0, 0.05) is 12.5 Å². The van der Waals surface area contributed by atoms with Crippen molar-refractivity contribution in [1.29, 1.82) is 0 Å². The van der Waals surface area contributed by atoms with Gasteiger partial charge in [0.05, 0.1) is 6.61 Å². The first kappa shape index (κ1) is 12.9. The number of carbonyl (C=O) groups excluding carboxylic acids is 1. The van der Waals surface area contributed by atoms with Gasteiger partial charge >= 0.3 is 5.97 Å². The molecule has 0 radical (unpaired) electrons. The van der Waals surface area contributed by atoms with E-state index in [4.69, 9.17) is 9.84 Å². The maximum Gasteiger partial charge on any atom is 0.329 e. The third-order valence-electron chi connectivity index (χ3n) is 2.70. The molecule has 1 unspecified atom stereocenters. The van der Waals surface area contributed by atoms with Crippen LogP contribution in [0.3, 0.4) is 0 Å². The van der Waals surface area contributed by atoms with Crippen LogP contribution in [0.2, 0.25) is 0 Å². The number of hydrogen-bond donors (Lipinski definition) is 3. The molecule has 0 saturated carbocycles. The smallest absolute Gasteiger partial charge is 0.329 e. The van der Waals surface area contributed by atoms with Crippen LogP contribution in [0, 0.1) is 11.8 Å². The van der Waals surface area contributed by atoms with E-state index in [-0.39, 0.29) is 25.0 Å². The van der Waals surface area contributed by atoms with Crippen molar-refractivity contribution in [3.63, 3.8) is 0 Å². The molecule has 1 saturated heterocycles. The first-order chi connectivity index (χ1) is 7.61. The fourth-order valence-electron chi connectivity index (χ4n) is 1.45. The van der Waals surface area contributed by atoms with Crippen molar-refractivity contribution in [3.8, 4) is 0 Å². The van der Waals surface area contributed by atoms with Gasteiger partial charge in [-0.3, -0.25) is 4.79 Å². The molecule has 0 aromatic carbocycles. The van der Waals surface area contributed by atoms with Crippen LogP contribution in [0.5, 0.6) is 0 Å². The van der Waals surface area contributed by atoms with Crippen molar-refractivity contribution in [3.05, 3.63) is 0 Å². The zero-order valence-corrected chi connectivity index (χ0v) is 9.36. The molecule has 1 aliphatic rings. The van der Waals surface area contributed by atoms with Gasteiger partial charge in [-0.05, 0) is 19.0 Å². The van der Waals surface area contributed by atoms with Crippen molar-refractivity contribution in [2.45, 2.75) is 6.92 Å². The highest BCUT2D eigenvalue weighted by molar-refractivity contribution is 5.78. The largest absolute Gasteiger partial charge is 0.480 e. The van der Waals surface area contributed by atoms with Crippen LogP contribution in [0.25, 0.3) is 0 Å². The number of hydrogen-bond acceptors (Lipinski definition) is 4. The minimum absolute atomic E-state index is 0.000670. The van der Waals surface area contributed by atoms with Gasteiger partial charge in [-0.1, -0.05) is 6.92 Å². The summed E-state index contributed by atoms with van der Waals surface area (Å²) in [4.78, 5) is 21.7. The first-order valence-corrected chi connectivity index (χ1v) is 5.39. The summed E-state index contributed by atoms with van der Waals surface area (Å²) >= 11 is 0. The second-order valence-corrected chi connectivity index (χ2v) is 3.94. The quantitative estimate of drug-likeness (QED) is 0.491. The number of amides is 1. The molecule has 0 aromatic rings. The van der Waals surface area contributed by atoms with Crippen LogP contribution in [0.4, 0.5) is 0 Å². The van der Waals surface area contributed by atoms with Crippen LogP contribution in [-0.2, 0) is 14.3 Å². The van der Waals surface area contributed by atoms with Gasteiger partial charge in [0.1, 0.15) is 6.61 Å². The molecule has 0 aromatic heterocycles. The van der Waals surface area contributed by atoms with Crippen molar-refractivity contribution in [2.75, 3.05) is 32.8 Å². The van der Waals surface area contributed by atoms with Gasteiger partial charge in [0.15, 0.2) is 0 Å². The fourth-order valence-corrected chi connectivity index (χ4v) is 1.45. The van der Waals surface area contributed by atoms with Gasteiger partial charge < -0.3 is 20.5 Å². The molecule has 1 amide bonds. The maximum absolute atomic E-state index is 11.6. The van der Waals surface area contributed by atoms with Crippen molar-refractivity contribution in [1.82, 2.24) is 10.6 Å². The molecule has 3 N–H and O–H groups in total. The monoisotopic (exact) mass is 230 g/mol. The summed E-state index contributed by atoms with van der Waals surface area (Å²) in [5.41, 5.74) is 0. The Hall–Kier alpha value is -1.14. The van der Waals surface area contributed by atoms with Crippen molar-refractivity contribution < 1.29 is 19.4 Å². The molecular weight excluding hydrogens is 212 g/mol. The predicted octanol–water partition coefficient (Wildman–Crippen LogP) is -0.941. The summed E-state index contributed by atoms with van der Waals surface area (Å²) in [5, 5.41) is 14.1. The molecule has 1 atom stereocenters. The second-order valence-electron chi connectivity index (χ2n) is 3.94. The number of carboxylic acids is 1. The Labute approximate surface area is 94.3 Å². The van der Waals surface area contributed by atoms with Gasteiger partial charge in [0.2, 0.25) is 5.91 Å². The summed E-state index contributed by atoms with van der Waals surface area (Å²) in [6.45, 7) is 3.95. The number of carbonyl (C=O) groups is 2.